The number of hydrogen-bond acceptors (Lipinski definition) is 7. The number of carbonyl (C=O) groups is 6. The lowest BCUT2D eigenvalue weighted by atomic mass is 9.85. The van der Waals surface area contributed by atoms with Gasteiger partial charge in [-0.25, -0.2) is 4.79 Å². The normalized spacial score (nSPS) is 22.0. The van der Waals surface area contributed by atoms with E-state index in [1.54, 1.807) is 24.3 Å². The smallest absolute Gasteiger partial charge is 0.316 e. The van der Waals surface area contributed by atoms with Crippen LogP contribution < -0.4 is 26.4 Å². The second kappa shape index (κ2) is 15.1. The Morgan fingerprint density at radius 2 is 1.56 bits per heavy atom. The average molecular weight is 716 g/mol. The fraction of sp³-hybridized carbons (Fsp3) is 0.550. The third-order valence-corrected chi connectivity index (χ3v) is 10.9. The first-order valence-electron chi connectivity index (χ1n) is 18.2. The molecule has 0 radical (unpaired) electrons. The van der Waals surface area contributed by atoms with Crippen LogP contribution in [0.25, 0.3) is 0 Å². The summed E-state index contributed by atoms with van der Waals surface area (Å²) >= 11 is 0. The molecule has 3 fully saturated rings. The maximum absolute atomic E-state index is 14.4. The van der Waals surface area contributed by atoms with Gasteiger partial charge in [0, 0.05) is 6.54 Å². The van der Waals surface area contributed by atoms with Gasteiger partial charge in [-0.2, -0.15) is 0 Å². The third-order valence-electron chi connectivity index (χ3n) is 10.9. The number of carbonyl (C=O) groups excluding carboxylic acids is 6. The molecule has 2 aliphatic carbocycles. The highest BCUT2D eigenvalue weighted by molar-refractivity contribution is 6.37. The summed E-state index contributed by atoms with van der Waals surface area (Å²) in [6.07, 6.45) is 2.13. The van der Waals surface area contributed by atoms with Crippen LogP contribution in [-0.4, -0.2) is 70.9 Å². The van der Waals surface area contributed by atoms with Gasteiger partial charge >= 0.3 is 6.03 Å². The summed E-state index contributed by atoms with van der Waals surface area (Å²) in [5.74, 6) is -3.07. The number of likely N-dealkylation sites (tertiary alicyclic amines) is 1. The molecule has 0 spiro atoms. The van der Waals surface area contributed by atoms with Gasteiger partial charge in [-0.15, -0.1) is 0 Å². The number of nitrogens with two attached hydrogens (primary N) is 1. The Kier molecular flexibility index (Phi) is 11.2. The highest BCUT2D eigenvalue weighted by Gasteiger charge is 2.70. The Morgan fingerprint density at radius 3 is 2.15 bits per heavy atom. The number of urea groups is 1. The molecule has 0 aromatic heterocycles. The van der Waals surface area contributed by atoms with Gasteiger partial charge < -0.3 is 31.3 Å². The molecule has 5 amide bonds. The van der Waals surface area contributed by atoms with Gasteiger partial charge in [0.05, 0.1) is 17.6 Å². The van der Waals surface area contributed by atoms with Crippen molar-refractivity contribution in [2.45, 2.75) is 98.5 Å². The van der Waals surface area contributed by atoms with Gasteiger partial charge in [-0.05, 0) is 58.6 Å². The lowest BCUT2D eigenvalue weighted by Crippen LogP contribution is -2.62. The molecule has 6 atom stereocenters. The molecule has 5 N–H and O–H groups in total. The number of amides is 5. The first kappa shape index (κ1) is 38.5. The number of piperidine rings is 1. The Bertz CT molecular complexity index is 1700. The topological polar surface area (TPSA) is 177 Å². The molecule has 1 saturated heterocycles. The molecule has 12 nitrogen and oxygen atoms in total. The van der Waals surface area contributed by atoms with Gasteiger partial charge in [0.2, 0.25) is 17.6 Å². The van der Waals surface area contributed by atoms with Crippen molar-refractivity contribution in [1.29, 1.82) is 0 Å². The van der Waals surface area contributed by atoms with E-state index in [0.29, 0.717) is 24.3 Å². The summed E-state index contributed by atoms with van der Waals surface area (Å²) in [7, 11) is 0. The van der Waals surface area contributed by atoms with Gasteiger partial charge in [0.1, 0.15) is 24.4 Å². The fourth-order valence-electron chi connectivity index (χ4n) is 7.52. The van der Waals surface area contributed by atoms with Crippen molar-refractivity contribution in [3.8, 4) is 5.75 Å². The molecule has 1 unspecified atom stereocenters. The van der Waals surface area contributed by atoms with E-state index in [2.05, 4.69) is 16.0 Å². The van der Waals surface area contributed by atoms with E-state index in [0.717, 1.165) is 18.4 Å². The highest BCUT2D eigenvalue weighted by Crippen LogP contribution is 2.65. The zero-order valence-electron chi connectivity index (χ0n) is 31.2. The van der Waals surface area contributed by atoms with Crippen LogP contribution in [0.5, 0.6) is 5.75 Å². The molecule has 1 heterocycles. The second-order valence-corrected chi connectivity index (χ2v) is 16.6. The standard InChI is InChI=1S/C40H53N5O7/c1-22(2)30(32(46)25-15-11-12-16-28(25)52-21-24-13-9-8-10-14-24)43-38(51)44-34(39(3,4)5)37(50)45-20-26-29(40(26,6)7)31(45)36(49)42-27(19-23-17-18-23)33(47)35(41)48/h8-16,22-23,26-27,29-31,34H,17-21H2,1-7H3,(H2,41,48)(H,42,49)(H2,43,44,51)/t26-,27?,29-,30-,31-,34+/m0/s1. The molecule has 2 saturated carbocycles. The second-order valence-electron chi connectivity index (χ2n) is 16.6. The predicted octanol–water partition coefficient (Wildman–Crippen LogP) is 4.01. The minimum atomic E-state index is -1.11. The van der Waals surface area contributed by atoms with Crippen LogP contribution in [0.2, 0.25) is 0 Å². The zero-order valence-corrected chi connectivity index (χ0v) is 31.2. The molecule has 5 rings (SSSR count). The number of Topliss-reactive ketones (excluding diaryl/α,β-unsaturated/α-hetero) is 2. The quantitative estimate of drug-likeness (QED) is 0.159. The molecule has 1 aliphatic heterocycles. The van der Waals surface area contributed by atoms with E-state index in [-0.39, 0.29) is 41.5 Å². The summed E-state index contributed by atoms with van der Waals surface area (Å²) in [6, 6.07) is 11.8. The Balaban J connectivity index is 1.31. The van der Waals surface area contributed by atoms with Crippen molar-refractivity contribution in [1.82, 2.24) is 20.9 Å². The van der Waals surface area contributed by atoms with E-state index < -0.39 is 59.1 Å². The maximum atomic E-state index is 14.4. The van der Waals surface area contributed by atoms with E-state index in [1.165, 1.54) is 4.90 Å². The van der Waals surface area contributed by atoms with Crippen LogP contribution in [-0.2, 0) is 25.8 Å². The molecule has 2 aromatic carbocycles. The van der Waals surface area contributed by atoms with Gasteiger partial charge in [0.15, 0.2) is 5.78 Å². The van der Waals surface area contributed by atoms with Gasteiger partial charge in [0.25, 0.3) is 5.91 Å². The van der Waals surface area contributed by atoms with Crippen molar-refractivity contribution >= 4 is 35.3 Å². The van der Waals surface area contributed by atoms with Crippen LogP contribution in [0.1, 0.15) is 83.7 Å². The van der Waals surface area contributed by atoms with Crippen LogP contribution >= 0.6 is 0 Å². The number of hydrogen-bond donors (Lipinski definition) is 4. The van der Waals surface area contributed by atoms with E-state index in [1.807, 2.05) is 78.8 Å². The number of ketones is 2. The number of rotatable bonds is 15. The molecular formula is C40H53N5O7. The van der Waals surface area contributed by atoms with Crippen LogP contribution in [0.3, 0.4) is 0 Å². The minimum absolute atomic E-state index is 0.0440. The molecule has 12 heteroatoms. The Hall–Kier alpha value is -4.74. The number of nitrogens with zero attached hydrogens (tertiary/aromatic N) is 1. The van der Waals surface area contributed by atoms with Crippen molar-refractivity contribution in [2.75, 3.05) is 6.54 Å². The number of fused-ring (bicyclic) bond motifs is 1. The Labute approximate surface area is 306 Å². The molecule has 0 bridgehead atoms. The van der Waals surface area contributed by atoms with Crippen molar-refractivity contribution < 1.29 is 33.5 Å². The molecule has 3 aliphatic rings. The first-order valence-corrected chi connectivity index (χ1v) is 18.2. The molecule has 52 heavy (non-hydrogen) atoms. The number of primary amides is 1. The van der Waals surface area contributed by atoms with E-state index in [4.69, 9.17) is 10.5 Å². The monoisotopic (exact) mass is 715 g/mol. The van der Waals surface area contributed by atoms with Crippen molar-refractivity contribution in [3.63, 3.8) is 0 Å². The van der Waals surface area contributed by atoms with Crippen molar-refractivity contribution in [2.24, 2.45) is 40.2 Å². The lowest BCUT2D eigenvalue weighted by molar-refractivity contribution is -0.145. The minimum Gasteiger partial charge on any atom is -0.488 e. The maximum Gasteiger partial charge on any atom is 0.316 e. The summed E-state index contributed by atoms with van der Waals surface area (Å²) in [6.45, 7) is 13.7. The fourth-order valence-corrected chi connectivity index (χ4v) is 7.52. The number of nitrogens with one attached hydrogen (secondary N) is 3. The highest BCUT2D eigenvalue weighted by atomic mass is 16.5. The Morgan fingerprint density at radius 1 is 0.923 bits per heavy atom. The molecule has 280 valence electrons. The van der Waals surface area contributed by atoms with Gasteiger partial charge in [-0.3, -0.25) is 24.0 Å². The zero-order chi connectivity index (χ0) is 38.1. The summed E-state index contributed by atoms with van der Waals surface area (Å²) in [5.41, 5.74) is 5.58. The number of para-hydroxylation sites is 1. The molecular weight excluding hydrogens is 662 g/mol. The molecule has 2 aromatic rings. The summed E-state index contributed by atoms with van der Waals surface area (Å²) in [4.78, 5) is 82.0. The summed E-state index contributed by atoms with van der Waals surface area (Å²) in [5, 5.41) is 8.42. The third kappa shape index (κ3) is 8.48. The van der Waals surface area contributed by atoms with Gasteiger partial charge in [-0.1, -0.05) is 104 Å². The van der Waals surface area contributed by atoms with Crippen LogP contribution in [0, 0.1) is 34.5 Å². The summed E-state index contributed by atoms with van der Waals surface area (Å²) < 4.78 is 6.03. The van der Waals surface area contributed by atoms with E-state index in [9.17, 15) is 28.8 Å². The number of ether oxygens (including phenoxy) is 1. The van der Waals surface area contributed by atoms with Crippen molar-refractivity contribution in [3.05, 3.63) is 65.7 Å². The average Bonchev–Trinajstić information content (AvgIpc) is 3.94. The van der Waals surface area contributed by atoms with Crippen LogP contribution in [0.15, 0.2) is 54.6 Å². The largest absolute Gasteiger partial charge is 0.488 e. The number of benzene rings is 2. The van der Waals surface area contributed by atoms with E-state index >= 15 is 0 Å². The lowest BCUT2D eigenvalue weighted by Gasteiger charge is -2.38. The first-order chi connectivity index (χ1) is 24.4. The SMILES string of the molecule is CC(C)[C@H](NC(=O)N[C@H](C(=O)N1C[C@H]2[C@@H]([C@H]1C(=O)NC(CC1CC1)C(=O)C(N)=O)C2(C)C)C(C)(C)C)C(=O)c1ccccc1OCc1ccccc1. The predicted molar refractivity (Wildman–Crippen MR) is 195 cm³/mol. The van der Waals surface area contributed by atoms with Crippen LogP contribution in [0.4, 0.5) is 4.79 Å².